The van der Waals surface area contributed by atoms with E-state index < -0.39 is 11.0 Å². The summed E-state index contributed by atoms with van der Waals surface area (Å²) in [5, 5.41) is 7.42. The molecular formula is C9H4ClNO2. The summed E-state index contributed by atoms with van der Waals surface area (Å²) in [6.45, 7) is 0. The van der Waals surface area contributed by atoms with Crippen LogP contribution in [-0.2, 0) is 4.79 Å². The lowest BCUT2D eigenvalue weighted by atomic mass is 10.1. The molecule has 0 spiro atoms. The van der Waals surface area contributed by atoms with Gasteiger partial charge in [-0.25, -0.2) is 0 Å². The first-order valence-corrected chi connectivity index (χ1v) is 3.77. The number of carbonyl (C=O) groups is 2. The second-order valence-electron chi connectivity index (χ2n) is 2.29. The standard InChI is InChI=1S/C9H4ClNO2/c10-9(13)8(12)7-3-1-6(5-11)2-4-7/h1-4H. The van der Waals surface area contributed by atoms with Crippen LogP contribution in [0.3, 0.4) is 0 Å². The predicted molar refractivity (Wildman–Crippen MR) is 46.3 cm³/mol. The van der Waals surface area contributed by atoms with Crippen molar-refractivity contribution in [1.29, 1.82) is 5.26 Å². The van der Waals surface area contributed by atoms with Crippen LogP contribution in [0.25, 0.3) is 0 Å². The number of rotatable bonds is 2. The van der Waals surface area contributed by atoms with Crippen molar-refractivity contribution >= 4 is 22.6 Å². The van der Waals surface area contributed by atoms with E-state index in [2.05, 4.69) is 0 Å². The van der Waals surface area contributed by atoms with E-state index in [-0.39, 0.29) is 5.56 Å². The van der Waals surface area contributed by atoms with E-state index in [1.165, 1.54) is 24.3 Å². The van der Waals surface area contributed by atoms with Gasteiger partial charge in [0, 0.05) is 5.56 Å². The summed E-state index contributed by atoms with van der Waals surface area (Å²) >= 11 is 4.98. The number of halogens is 1. The highest BCUT2D eigenvalue weighted by molar-refractivity contribution is 6.83. The van der Waals surface area contributed by atoms with Gasteiger partial charge in [0.05, 0.1) is 11.6 Å². The van der Waals surface area contributed by atoms with Gasteiger partial charge in [0.2, 0.25) is 5.78 Å². The molecule has 0 aromatic heterocycles. The van der Waals surface area contributed by atoms with Crippen LogP contribution in [0.15, 0.2) is 24.3 Å². The van der Waals surface area contributed by atoms with Crippen LogP contribution in [0.1, 0.15) is 15.9 Å². The Balaban J connectivity index is 3.01. The Morgan fingerprint density at radius 3 is 2.15 bits per heavy atom. The molecule has 1 aromatic rings. The topological polar surface area (TPSA) is 57.9 Å². The minimum absolute atomic E-state index is 0.194. The Labute approximate surface area is 79.5 Å². The lowest BCUT2D eigenvalue weighted by Gasteiger charge is -1.94. The van der Waals surface area contributed by atoms with Gasteiger partial charge in [0.15, 0.2) is 0 Å². The summed E-state index contributed by atoms with van der Waals surface area (Å²) in [5.41, 5.74) is 0.623. The minimum atomic E-state index is -1.02. The molecule has 0 bridgehead atoms. The second kappa shape index (κ2) is 3.83. The maximum Gasteiger partial charge on any atom is 0.293 e. The molecule has 0 heterocycles. The highest BCUT2D eigenvalue weighted by atomic mass is 35.5. The van der Waals surface area contributed by atoms with Crippen LogP contribution in [0.2, 0.25) is 0 Å². The summed E-state index contributed by atoms with van der Waals surface area (Å²) < 4.78 is 0. The molecule has 0 saturated heterocycles. The molecule has 0 N–H and O–H groups in total. The van der Waals surface area contributed by atoms with Crippen molar-refractivity contribution in [3.8, 4) is 6.07 Å². The summed E-state index contributed by atoms with van der Waals surface area (Å²) in [4.78, 5) is 21.4. The van der Waals surface area contributed by atoms with Gasteiger partial charge in [-0.3, -0.25) is 9.59 Å². The molecule has 0 saturated carbocycles. The normalized spacial score (nSPS) is 8.92. The lowest BCUT2D eigenvalue weighted by Crippen LogP contribution is -2.06. The van der Waals surface area contributed by atoms with Gasteiger partial charge in [-0.1, -0.05) is 0 Å². The predicted octanol–water partition coefficient (Wildman–Crippen LogP) is 1.51. The van der Waals surface area contributed by atoms with Crippen LogP contribution >= 0.6 is 11.6 Å². The first-order chi connectivity index (χ1) is 6.15. The van der Waals surface area contributed by atoms with Crippen molar-refractivity contribution in [3.63, 3.8) is 0 Å². The number of Topliss-reactive ketones (excluding diaryl/α,β-unsaturated/α-hetero) is 1. The Kier molecular flexibility index (Phi) is 2.78. The molecule has 0 fully saturated rings. The zero-order valence-electron chi connectivity index (χ0n) is 6.45. The maximum atomic E-state index is 11.0. The molecule has 1 rings (SSSR count). The molecule has 0 aliphatic rings. The Morgan fingerprint density at radius 2 is 1.77 bits per heavy atom. The van der Waals surface area contributed by atoms with Crippen LogP contribution in [0, 0.1) is 11.3 Å². The molecule has 1 aromatic carbocycles. The third-order valence-corrected chi connectivity index (χ3v) is 1.63. The first kappa shape index (κ1) is 9.43. The molecule has 3 nitrogen and oxygen atoms in total. The van der Waals surface area contributed by atoms with Gasteiger partial charge in [0.25, 0.3) is 5.24 Å². The molecular weight excluding hydrogens is 190 g/mol. The van der Waals surface area contributed by atoms with Gasteiger partial charge in [-0.05, 0) is 35.9 Å². The fourth-order valence-corrected chi connectivity index (χ4v) is 0.919. The van der Waals surface area contributed by atoms with E-state index in [9.17, 15) is 9.59 Å². The van der Waals surface area contributed by atoms with Gasteiger partial charge >= 0.3 is 0 Å². The first-order valence-electron chi connectivity index (χ1n) is 3.39. The third kappa shape index (κ3) is 2.14. The van der Waals surface area contributed by atoms with E-state index in [1.807, 2.05) is 6.07 Å². The average Bonchev–Trinajstić information content (AvgIpc) is 2.17. The summed E-state index contributed by atoms with van der Waals surface area (Å²) in [5.74, 6) is -0.758. The largest absolute Gasteiger partial charge is 0.293 e. The molecule has 64 valence electrons. The van der Waals surface area contributed by atoms with Crippen molar-refractivity contribution in [3.05, 3.63) is 35.4 Å². The third-order valence-electron chi connectivity index (χ3n) is 1.45. The SMILES string of the molecule is N#Cc1ccc(C(=O)C(=O)Cl)cc1. The smallest absolute Gasteiger partial charge is 0.284 e. The monoisotopic (exact) mass is 193 g/mol. The van der Waals surface area contributed by atoms with Gasteiger partial charge in [-0.2, -0.15) is 5.26 Å². The summed E-state index contributed by atoms with van der Waals surface area (Å²) in [7, 11) is 0. The molecule has 0 atom stereocenters. The molecule has 4 heteroatoms. The summed E-state index contributed by atoms with van der Waals surface area (Å²) in [6, 6.07) is 7.58. The fraction of sp³-hybridized carbons (Fsp3) is 0. The lowest BCUT2D eigenvalue weighted by molar-refractivity contribution is -0.108. The average molecular weight is 194 g/mol. The number of hydrogen-bond acceptors (Lipinski definition) is 3. The van der Waals surface area contributed by atoms with Crippen molar-refractivity contribution in [2.75, 3.05) is 0 Å². The van der Waals surface area contributed by atoms with E-state index in [0.717, 1.165) is 0 Å². The van der Waals surface area contributed by atoms with Crippen LogP contribution < -0.4 is 0 Å². The van der Waals surface area contributed by atoms with E-state index in [1.54, 1.807) is 0 Å². The maximum absolute atomic E-state index is 11.0. The van der Waals surface area contributed by atoms with Crippen LogP contribution in [-0.4, -0.2) is 11.0 Å². The Bertz CT molecular complexity index is 389. The Hall–Kier alpha value is -1.66. The van der Waals surface area contributed by atoms with Crippen molar-refractivity contribution in [2.24, 2.45) is 0 Å². The second-order valence-corrected chi connectivity index (χ2v) is 2.64. The highest BCUT2D eigenvalue weighted by Crippen LogP contribution is 2.05. The van der Waals surface area contributed by atoms with Gasteiger partial charge in [0.1, 0.15) is 0 Å². The highest BCUT2D eigenvalue weighted by Gasteiger charge is 2.12. The van der Waals surface area contributed by atoms with E-state index in [0.29, 0.717) is 5.56 Å². The van der Waals surface area contributed by atoms with Crippen molar-refractivity contribution < 1.29 is 9.59 Å². The Morgan fingerprint density at radius 1 is 1.23 bits per heavy atom. The minimum Gasteiger partial charge on any atom is -0.284 e. The molecule has 13 heavy (non-hydrogen) atoms. The number of nitriles is 1. The number of nitrogens with zero attached hydrogens (tertiary/aromatic N) is 1. The fourth-order valence-electron chi connectivity index (χ4n) is 0.810. The number of ketones is 1. The molecule has 0 aliphatic carbocycles. The molecule has 0 amide bonds. The zero-order chi connectivity index (χ0) is 9.84. The summed E-state index contributed by atoms with van der Waals surface area (Å²) in [6.07, 6.45) is 0. The van der Waals surface area contributed by atoms with Crippen molar-refractivity contribution in [1.82, 2.24) is 0 Å². The quantitative estimate of drug-likeness (QED) is 0.406. The van der Waals surface area contributed by atoms with Crippen LogP contribution in [0.5, 0.6) is 0 Å². The molecule has 0 unspecified atom stereocenters. The van der Waals surface area contributed by atoms with E-state index >= 15 is 0 Å². The van der Waals surface area contributed by atoms with E-state index in [4.69, 9.17) is 16.9 Å². The zero-order valence-corrected chi connectivity index (χ0v) is 7.21. The molecule has 0 radical (unpaired) electrons. The van der Waals surface area contributed by atoms with Gasteiger partial charge < -0.3 is 0 Å². The molecule has 0 aliphatic heterocycles. The van der Waals surface area contributed by atoms with Crippen molar-refractivity contribution in [2.45, 2.75) is 0 Å². The van der Waals surface area contributed by atoms with Crippen LogP contribution in [0.4, 0.5) is 0 Å². The number of hydrogen-bond donors (Lipinski definition) is 0. The number of benzene rings is 1. The van der Waals surface area contributed by atoms with Gasteiger partial charge in [-0.15, -0.1) is 0 Å². The number of carbonyl (C=O) groups excluding carboxylic acids is 2.